The van der Waals surface area contributed by atoms with E-state index < -0.39 is 0 Å². The summed E-state index contributed by atoms with van der Waals surface area (Å²) in [5.74, 6) is 7.86. The first-order chi connectivity index (χ1) is 4.77. The van der Waals surface area contributed by atoms with Gasteiger partial charge in [0, 0.05) is 0 Å². The van der Waals surface area contributed by atoms with Crippen LogP contribution in [-0.2, 0) is 4.74 Å². The van der Waals surface area contributed by atoms with Crippen molar-refractivity contribution in [1.29, 1.82) is 0 Å². The highest BCUT2D eigenvalue weighted by atomic mass is 16.5. The van der Waals surface area contributed by atoms with Crippen LogP contribution in [0.3, 0.4) is 0 Å². The summed E-state index contributed by atoms with van der Waals surface area (Å²) in [5, 5.41) is 0. The molecule has 0 amide bonds. The van der Waals surface area contributed by atoms with Gasteiger partial charge in [-0.05, 0) is 12.5 Å². The second kappa shape index (κ2) is 5.95. The van der Waals surface area contributed by atoms with Gasteiger partial charge in [0.25, 0.3) is 0 Å². The Morgan fingerprint density at radius 3 is 2.80 bits per heavy atom. The summed E-state index contributed by atoms with van der Waals surface area (Å²) in [7, 11) is 0. The summed E-state index contributed by atoms with van der Waals surface area (Å²) >= 11 is 0. The molecule has 0 unspecified atom stereocenters. The highest BCUT2D eigenvalue weighted by molar-refractivity contribution is 5.22. The Labute approximate surface area is 62.1 Å². The van der Waals surface area contributed by atoms with Crippen molar-refractivity contribution in [3.8, 4) is 24.2 Å². The van der Waals surface area contributed by atoms with Crippen molar-refractivity contribution in [3.05, 3.63) is 12.2 Å². The third-order valence-corrected chi connectivity index (χ3v) is 0.661. The number of allylic oxidation sites excluding steroid dienone is 1. The molecule has 0 aromatic carbocycles. The molecule has 0 aliphatic heterocycles. The van der Waals surface area contributed by atoms with Crippen LogP contribution in [0.15, 0.2) is 12.2 Å². The molecule has 0 saturated carbocycles. The summed E-state index contributed by atoms with van der Waals surface area (Å²) < 4.78 is 4.88. The summed E-state index contributed by atoms with van der Waals surface area (Å²) in [5.41, 5.74) is 0.837. The topological polar surface area (TPSA) is 9.23 Å². The lowest BCUT2D eigenvalue weighted by Crippen LogP contribution is -1.90. The Hall–Kier alpha value is -1.18. The molecule has 0 bridgehead atoms. The second-order valence-corrected chi connectivity index (χ2v) is 1.78. The third-order valence-electron chi connectivity index (χ3n) is 0.661. The number of ether oxygens (including phenoxy) is 1. The molecule has 0 saturated heterocycles. The van der Waals surface area contributed by atoms with Gasteiger partial charge in [0.2, 0.25) is 0 Å². The zero-order valence-electron chi connectivity index (χ0n) is 6.11. The monoisotopic (exact) mass is 134 g/mol. The van der Waals surface area contributed by atoms with E-state index in [0.717, 1.165) is 5.57 Å². The van der Waals surface area contributed by atoms with Gasteiger partial charge in [0.1, 0.15) is 13.2 Å². The van der Waals surface area contributed by atoms with Crippen LogP contribution < -0.4 is 0 Å². The minimum absolute atomic E-state index is 0.324. The van der Waals surface area contributed by atoms with E-state index in [0.29, 0.717) is 13.2 Å². The molecule has 0 aromatic heterocycles. The Morgan fingerprint density at radius 1 is 1.60 bits per heavy atom. The van der Waals surface area contributed by atoms with Crippen molar-refractivity contribution in [2.24, 2.45) is 0 Å². The standard InChI is InChI=1S/C9H10O/c1-4-7-10-8-5-6-9(2)3/h1H,2,7-8H2,3H3. The van der Waals surface area contributed by atoms with E-state index in [2.05, 4.69) is 24.3 Å². The Morgan fingerprint density at radius 2 is 2.30 bits per heavy atom. The van der Waals surface area contributed by atoms with E-state index >= 15 is 0 Å². The molecule has 0 aromatic rings. The first kappa shape index (κ1) is 8.82. The lowest BCUT2D eigenvalue weighted by atomic mass is 10.4. The van der Waals surface area contributed by atoms with Crippen molar-refractivity contribution in [2.75, 3.05) is 13.2 Å². The van der Waals surface area contributed by atoms with Crippen LogP contribution in [0.1, 0.15) is 6.92 Å². The minimum Gasteiger partial charge on any atom is -0.356 e. The smallest absolute Gasteiger partial charge is 0.109 e. The van der Waals surface area contributed by atoms with E-state index in [-0.39, 0.29) is 0 Å². The number of rotatable bonds is 2. The first-order valence-corrected chi connectivity index (χ1v) is 2.93. The minimum atomic E-state index is 0.324. The fourth-order valence-corrected chi connectivity index (χ4v) is 0.348. The molecule has 0 N–H and O–H groups in total. The molecule has 0 spiro atoms. The molecule has 0 rings (SSSR count). The zero-order chi connectivity index (χ0) is 7.82. The summed E-state index contributed by atoms with van der Waals surface area (Å²) in [6.45, 7) is 6.16. The summed E-state index contributed by atoms with van der Waals surface area (Å²) in [6.07, 6.45) is 4.93. The Kier molecular flexibility index (Phi) is 5.25. The molecule has 0 aliphatic rings. The molecular formula is C9H10O. The average Bonchev–Trinajstić information content (AvgIpc) is 1.87. The molecule has 52 valence electrons. The SMILES string of the molecule is C#CCOCC#CC(=C)C. The number of hydrogen-bond donors (Lipinski definition) is 0. The average molecular weight is 134 g/mol. The van der Waals surface area contributed by atoms with E-state index in [1.807, 2.05) is 6.92 Å². The zero-order valence-corrected chi connectivity index (χ0v) is 6.11. The van der Waals surface area contributed by atoms with E-state index in [9.17, 15) is 0 Å². The maximum Gasteiger partial charge on any atom is 0.109 e. The molecule has 1 nitrogen and oxygen atoms in total. The van der Waals surface area contributed by atoms with Crippen LogP contribution in [0.2, 0.25) is 0 Å². The second-order valence-electron chi connectivity index (χ2n) is 1.78. The highest BCUT2D eigenvalue weighted by Crippen LogP contribution is 1.79. The maximum absolute atomic E-state index is 4.93. The van der Waals surface area contributed by atoms with Gasteiger partial charge in [-0.15, -0.1) is 6.42 Å². The van der Waals surface area contributed by atoms with Crippen LogP contribution in [0, 0.1) is 24.2 Å². The molecule has 0 atom stereocenters. The van der Waals surface area contributed by atoms with Gasteiger partial charge < -0.3 is 4.74 Å². The van der Waals surface area contributed by atoms with Crippen molar-refractivity contribution >= 4 is 0 Å². The summed E-state index contributed by atoms with van der Waals surface area (Å²) in [6, 6.07) is 0. The maximum atomic E-state index is 4.93. The quantitative estimate of drug-likeness (QED) is 0.407. The van der Waals surface area contributed by atoms with E-state index in [1.165, 1.54) is 0 Å². The largest absolute Gasteiger partial charge is 0.356 e. The van der Waals surface area contributed by atoms with Crippen LogP contribution >= 0.6 is 0 Å². The Bertz CT molecular complexity index is 197. The first-order valence-electron chi connectivity index (χ1n) is 2.93. The third kappa shape index (κ3) is 6.82. The van der Waals surface area contributed by atoms with Crippen LogP contribution in [0.4, 0.5) is 0 Å². The fourth-order valence-electron chi connectivity index (χ4n) is 0.348. The van der Waals surface area contributed by atoms with Gasteiger partial charge >= 0.3 is 0 Å². The van der Waals surface area contributed by atoms with Gasteiger partial charge in [0.15, 0.2) is 0 Å². The predicted octanol–water partition coefficient (Wildman–Crippen LogP) is 1.22. The predicted molar refractivity (Wildman–Crippen MR) is 42.2 cm³/mol. The summed E-state index contributed by atoms with van der Waals surface area (Å²) in [4.78, 5) is 0. The van der Waals surface area contributed by atoms with Gasteiger partial charge in [-0.2, -0.15) is 0 Å². The highest BCUT2D eigenvalue weighted by Gasteiger charge is 1.75. The van der Waals surface area contributed by atoms with E-state index in [1.54, 1.807) is 0 Å². The normalized spacial score (nSPS) is 7.20. The van der Waals surface area contributed by atoms with Gasteiger partial charge in [0.05, 0.1) is 0 Å². The Balaban J connectivity index is 3.31. The molecule has 0 radical (unpaired) electrons. The molecule has 0 fully saturated rings. The molecule has 10 heavy (non-hydrogen) atoms. The molecule has 0 heterocycles. The van der Waals surface area contributed by atoms with Crippen LogP contribution in [0.25, 0.3) is 0 Å². The molecular weight excluding hydrogens is 124 g/mol. The number of terminal acetylenes is 1. The van der Waals surface area contributed by atoms with Gasteiger partial charge in [-0.3, -0.25) is 0 Å². The lowest BCUT2D eigenvalue weighted by Gasteiger charge is -1.87. The molecule has 0 aliphatic carbocycles. The van der Waals surface area contributed by atoms with Crippen molar-refractivity contribution < 1.29 is 4.74 Å². The molecule has 1 heteroatoms. The van der Waals surface area contributed by atoms with Crippen molar-refractivity contribution in [2.45, 2.75) is 6.92 Å². The van der Waals surface area contributed by atoms with Crippen LogP contribution in [0.5, 0.6) is 0 Å². The van der Waals surface area contributed by atoms with Gasteiger partial charge in [-0.1, -0.05) is 24.3 Å². The van der Waals surface area contributed by atoms with Crippen molar-refractivity contribution in [1.82, 2.24) is 0 Å². The van der Waals surface area contributed by atoms with Crippen LogP contribution in [-0.4, -0.2) is 13.2 Å². The fraction of sp³-hybridized carbons (Fsp3) is 0.333. The van der Waals surface area contributed by atoms with E-state index in [4.69, 9.17) is 11.2 Å². The lowest BCUT2D eigenvalue weighted by molar-refractivity contribution is 0.205. The number of hydrogen-bond acceptors (Lipinski definition) is 1. The van der Waals surface area contributed by atoms with Gasteiger partial charge in [-0.25, -0.2) is 0 Å². The van der Waals surface area contributed by atoms with Crippen molar-refractivity contribution in [3.63, 3.8) is 0 Å².